The van der Waals surface area contributed by atoms with E-state index in [1.807, 2.05) is 0 Å². The minimum absolute atomic E-state index is 0.130. The third kappa shape index (κ3) is 5.21. The first-order chi connectivity index (χ1) is 8.70. The Morgan fingerprint density at radius 3 is 2.16 bits per heavy atom. The van der Waals surface area contributed by atoms with Crippen LogP contribution in [0, 0.1) is 17.3 Å². The van der Waals surface area contributed by atoms with Crippen LogP contribution in [0.25, 0.3) is 0 Å². The average Bonchev–Trinajstić information content (AvgIpc) is 2.28. The summed E-state index contributed by atoms with van der Waals surface area (Å²) >= 11 is 0. The highest BCUT2D eigenvalue weighted by Gasteiger charge is 2.30. The predicted molar refractivity (Wildman–Crippen MR) is 74.8 cm³/mol. The van der Waals surface area contributed by atoms with Gasteiger partial charge in [-0.15, -0.1) is 0 Å². The molecule has 0 radical (unpaired) electrons. The highest BCUT2D eigenvalue weighted by molar-refractivity contribution is 5.83. The van der Waals surface area contributed by atoms with Crippen LogP contribution in [0.3, 0.4) is 0 Å². The lowest BCUT2D eigenvalue weighted by atomic mass is 9.69. The first kappa shape index (κ1) is 16.0. The average molecular weight is 269 g/mol. The number of carbonyl (C=O) groups excluding carboxylic acids is 1. The zero-order valence-electron chi connectivity index (χ0n) is 12.5. The summed E-state index contributed by atoms with van der Waals surface area (Å²) in [5, 5.41) is 11.3. The van der Waals surface area contributed by atoms with Crippen molar-refractivity contribution in [2.45, 2.75) is 65.8 Å². The number of carboxylic acids is 1. The van der Waals surface area contributed by atoms with Crippen LogP contribution in [-0.2, 0) is 9.59 Å². The van der Waals surface area contributed by atoms with Crippen molar-refractivity contribution in [3.63, 3.8) is 0 Å². The molecule has 0 aromatic carbocycles. The number of aliphatic carboxylic acids is 1. The molecule has 2 N–H and O–H groups in total. The van der Waals surface area contributed by atoms with E-state index in [2.05, 4.69) is 26.1 Å². The molecule has 1 atom stereocenters. The molecule has 1 aliphatic carbocycles. The third-order valence-corrected chi connectivity index (χ3v) is 4.29. The van der Waals surface area contributed by atoms with Gasteiger partial charge in [-0.3, -0.25) is 9.59 Å². The van der Waals surface area contributed by atoms with Gasteiger partial charge >= 0.3 is 5.97 Å². The molecule has 0 spiro atoms. The molecule has 1 rings (SSSR count). The van der Waals surface area contributed by atoms with Gasteiger partial charge < -0.3 is 10.4 Å². The lowest BCUT2D eigenvalue weighted by Crippen LogP contribution is -2.39. The van der Waals surface area contributed by atoms with Gasteiger partial charge in [-0.05, 0) is 49.9 Å². The monoisotopic (exact) mass is 269 g/mol. The van der Waals surface area contributed by atoms with E-state index in [1.54, 1.807) is 0 Å². The van der Waals surface area contributed by atoms with Gasteiger partial charge in [-0.2, -0.15) is 0 Å². The Labute approximate surface area is 116 Å². The van der Waals surface area contributed by atoms with Crippen LogP contribution in [0.2, 0.25) is 0 Å². The van der Waals surface area contributed by atoms with Gasteiger partial charge in [0.05, 0.1) is 0 Å². The zero-order chi connectivity index (χ0) is 14.6. The second-order valence-electron chi connectivity index (χ2n) is 6.92. The number of carboxylic acid groups (broad SMARTS) is 1. The first-order valence-corrected chi connectivity index (χ1v) is 7.22. The van der Waals surface area contributed by atoms with E-state index >= 15 is 0 Å². The molecule has 1 fully saturated rings. The van der Waals surface area contributed by atoms with E-state index in [9.17, 15) is 9.59 Å². The molecule has 0 aromatic heterocycles. The summed E-state index contributed by atoms with van der Waals surface area (Å²) in [6.07, 6.45) is 4.98. The summed E-state index contributed by atoms with van der Waals surface area (Å²) in [4.78, 5) is 22.4. The van der Waals surface area contributed by atoms with Crippen molar-refractivity contribution in [3.05, 3.63) is 0 Å². The van der Waals surface area contributed by atoms with Gasteiger partial charge in [0, 0.05) is 6.42 Å². The van der Waals surface area contributed by atoms with Crippen molar-refractivity contribution in [1.29, 1.82) is 0 Å². The van der Waals surface area contributed by atoms with Crippen molar-refractivity contribution in [1.82, 2.24) is 5.32 Å². The van der Waals surface area contributed by atoms with E-state index < -0.39 is 12.0 Å². The van der Waals surface area contributed by atoms with Crippen molar-refractivity contribution in [2.75, 3.05) is 0 Å². The number of nitrogens with one attached hydrogen (secondary N) is 1. The summed E-state index contributed by atoms with van der Waals surface area (Å²) in [6.45, 7) is 8.33. The van der Waals surface area contributed by atoms with Crippen molar-refractivity contribution < 1.29 is 14.7 Å². The molecule has 0 aliphatic heterocycles. The van der Waals surface area contributed by atoms with Gasteiger partial charge in [-0.1, -0.05) is 20.8 Å². The van der Waals surface area contributed by atoms with Crippen LogP contribution >= 0.6 is 0 Å². The smallest absolute Gasteiger partial charge is 0.325 e. The molecular weight excluding hydrogens is 242 g/mol. The van der Waals surface area contributed by atoms with Crippen LogP contribution in [0.15, 0.2) is 0 Å². The highest BCUT2D eigenvalue weighted by atomic mass is 16.4. The molecule has 1 amide bonds. The van der Waals surface area contributed by atoms with Crippen molar-refractivity contribution >= 4 is 11.9 Å². The van der Waals surface area contributed by atoms with Gasteiger partial charge in [0.2, 0.25) is 5.91 Å². The molecule has 0 heterocycles. The molecular formula is C15H27NO3. The normalized spacial score (nSPS) is 25.7. The Morgan fingerprint density at radius 2 is 1.74 bits per heavy atom. The van der Waals surface area contributed by atoms with E-state index in [0.29, 0.717) is 17.8 Å². The molecule has 0 saturated heterocycles. The molecule has 110 valence electrons. The fourth-order valence-electron chi connectivity index (χ4n) is 2.86. The Bertz CT molecular complexity index is 325. The summed E-state index contributed by atoms with van der Waals surface area (Å²) in [6, 6.07) is -0.793. The molecule has 0 unspecified atom stereocenters. The van der Waals surface area contributed by atoms with Crippen LogP contribution in [0.4, 0.5) is 0 Å². The largest absolute Gasteiger partial charge is 0.480 e. The molecule has 1 saturated carbocycles. The second-order valence-corrected chi connectivity index (χ2v) is 6.92. The van der Waals surface area contributed by atoms with Gasteiger partial charge in [0.25, 0.3) is 0 Å². The van der Waals surface area contributed by atoms with Crippen LogP contribution < -0.4 is 5.32 Å². The van der Waals surface area contributed by atoms with E-state index in [4.69, 9.17) is 5.11 Å². The molecule has 19 heavy (non-hydrogen) atoms. The summed E-state index contributed by atoms with van der Waals surface area (Å²) in [7, 11) is 0. The second kappa shape index (κ2) is 6.40. The molecule has 1 aliphatic rings. The lowest BCUT2D eigenvalue weighted by Gasteiger charge is -2.36. The maximum absolute atomic E-state index is 11.7. The topological polar surface area (TPSA) is 66.4 Å². The maximum atomic E-state index is 11.7. The first-order valence-electron chi connectivity index (χ1n) is 7.22. The third-order valence-electron chi connectivity index (χ3n) is 4.29. The van der Waals surface area contributed by atoms with Crippen molar-refractivity contribution in [2.24, 2.45) is 17.3 Å². The number of hydrogen-bond acceptors (Lipinski definition) is 2. The van der Waals surface area contributed by atoms with Crippen molar-refractivity contribution in [3.8, 4) is 0 Å². The summed E-state index contributed by atoms with van der Waals surface area (Å²) in [5.74, 6) is 0.0447. The Kier molecular flexibility index (Phi) is 5.39. The number of carbonyl (C=O) groups is 2. The van der Waals surface area contributed by atoms with E-state index in [1.165, 1.54) is 19.8 Å². The number of rotatable bonds is 4. The minimum atomic E-state index is -0.982. The maximum Gasteiger partial charge on any atom is 0.325 e. The number of hydrogen-bond donors (Lipinski definition) is 2. The molecule has 0 aromatic rings. The van der Waals surface area contributed by atoms with Crippen LogP contribution in [0.1, 0.15) is 59.8 Å². The zero-order valence-corrected chi connectivity index (χ0v) is 12.5. The number of amides is 1. The van der Waals surface area contributed by atoms with Gasteiger partial charge in [-0.25, -0.2) is 0 Å². The van der Waals surface area contributed by atoms with Crippen LogP contribution in [-0.4, -0.2) is 23.0 Å². The van der Waals surface area contributed by atoms with Crippen LogP contribution in [0.5, 0.6) is 0 Å². The van der Waals surface area contributed by atoms with E-state index in [0.717, 1.165) is 18.8 Å². The Morgan fingerprint density at radius 1 is 1.21 bits per heavy atom. The summed E-state index contributed by atoms with van der Waals surface area (Å²) < 4.78 is 0. The van der Waals surface area contributed by atoms with Gasteiger partial charge in [0.1, 0.15) is 6.04 Å². The quantitative estimate of drug-likeness (QED) is 0.824. The Hall–Kier alpha value is -1.06. The molecule has 4 nitrogen and oxygen atoms in total. The standard InChI is InChI=1S/C15H27NO3/c1-10(14(18)19)16-13(17)9-11-5-7-12(8-6-11)15(2,3)4/h10-12H,5-9H2,1-4H3,(H,16,17)(H,18,19)/t10-,11?,12?/m0/s1. The molecule has 0 bridgehead atoms. The predicted octanol–water partition coefficient (Wildman–Crippen LogP) is 2.82. The highest BCUT2D eigenvalue weighted by Crippen LogP contribution is 2.40. The Balaban J connectivity index is 2.33. The van der Waals surface area contributed by atoms with E-state index in [-0.39, 0.29) is 5.91 Å². The lowest BCUT2D eigenvalue weighted by molar-refractivity contribution is -0.141. The fourth-order valence-corrected chi connectivity index (χ4v) is 2.86. The SMILES string of the molecule is C[C@H](NC(=O)CC1CCC(C(C)(C)C)CC1)C(=O)O. The molecule has 4 heteroatoms. The van der Waals surface area contributed by atoms with Gasteiger partial charge in [0.15, 0.2) is 0 Å². The minimum Gasteiger partial charge on any atom is -0.480 e. The summed E-state index contributed by atoms with van der Waals surface area (Å²) in [5.41, 5.74) is 0.352. The fraction of sp³-hybridized carbons (Fsp3) is 0.867.